The highest BCUT2D eigenvalue weighted by atomic mass is 32.2. The lowest BCUT2D eigenvalue weighted by Crippen LogP contribution is -2.38. The van der Waals surface area contributed by atoms with Crippen LogP contribution in [0.3, 0.4) is 0 Å². The quantitative estimate of drug-likeness (QED) is 0.351. The molecule has 0 radical (unpaired) electrons. The maximum absolute atomic E-state index is 9.69. The van der Waals surface area contributed by atoms with Crippen LogP contribution in [0.15, 0.2) is 57.6 Å². The van der Waals surface area contributed by atoms with Gasteiger partial charge in [0.1, 0.15) is 27.8 Å². The number of β-amino-alcohol motifs (C(OH)–C–C–N with tert-alkyl or cyclic N) is 1. The zero-order valence-corrected chi connectivity index (χ0v) is 20.8. The number of thiazole rings is 1. The van der Waals surface area contributed by atoms with Crippen molar-refractivity contribution in [3.05, 3.63) is 57.7 Å². The summed E-state index contributed by atoms with van der Waals surface area (Å²) in [5, 5.41) is 21.5. The first-order valence-corrected chi connectivity index (χ1v) is 12.6. The molecule has 1 aliphatic rings. The van der Waals surface area contributed by atoms with Crippen LogP contribution in [0.5, 0.6) is 11.5 Å². The fraction of sp³-hybridized carbons (Fsp3) is 0.360. The highest BCUT2D eigenvalue weighted by molar-refractivity contribution is 8.03. The number of ether oxygens (including phenoxy) is 2. The maximum atomic E-state index is 9.69. The van der Waals surface area contributed by atoms with Crippen molar-refractivity contribution in [1.82, 2.24) is 0 Å². The molecule has 1 aromatic heterocycles. The number of nitrogens with zero attached hydrogens (tertiary/aromatic N) is 2. The van der Waals surface area contributed by atoms with E-state index < -0.39 is 0 Å². The molecule has 8 heteroatoms. The van der Waals surface area contributed by atoms with Crippen molar-refractivity contribution in [2.24, 2.45) is 0 Å². The average Bonchev–Trinajstić information content (AvgIpc) is 3.35. The third-order valence-corrected chi connectivity index (χ3v) is 7.86. The third kappa shape index (κ3) is 4.90. The largest absolute Gasteiger partial charge is 0.497 e. The summed E-state index contributed by atoms with van der Waals surface area (Å²) < 4.78 is 14.2. The van der Waals surface area contributed by atoms with Gasteiger partial charge in [0, 0.05) is 17.5 Å². The molecular formula is C25H29N2O4S2+. The Morgan fingerprint density at radius 3 is 2.52 bits per heavy atom. The lowest BCUT2D eigenvalue weighted by molar-refractivity contribution is -0.675. The van der Waals surface area contributed by atoms with Gasteiger partial charge in [-0.1, -0.05) is 35.8 Å². The predicted octanol–water partition coefficient (Wildman–Crippen LogP) is 4.12. The van der Waals surface area contributed by atoms with Gasteiger partial charge in [0.25, 0.3) is 0 Å². The number of benzene rings is 2. The van der Waals surface area contributed by atoms with E-state index in [0.717, 1.165) is 45.5 Å². The second kappa shape index (κ2) is 10.6. The Kier molecular flexibility index (Phi) is 7.63. The summed E-state index contributed by atoms with van der Waals surface area (Å²) in [6.45, 7) is 3.30. The highest BCUT2D eigenvalue weighted by Gasteiger charge is 2.26. The zero-order valence-electron chi connectivity index (χ0n) is 19.1. The number of allylic oxidation sites excluding steroid dienone is 1. The van der Waals surface area contributed by atoms with Crippen LogP contribution >= 0.6 is 23.1 Å². The lowest BCUT2D eigenvalue weighted by Gasteiger charge is -2.18. The normalized spacial score (nSPS) is 12.8. The molecule has 2 aromatic carbocycles. The van der Waals surface area contributed by atoms with Gasteiger partial charge in [-0.15, -0.1) is 0 Å². The summed E-state index contributed by atoms with van der Waals surface area (Å²) >= 11 is 3.40. The molecule has 33 heavy (non-hydrogen) atoms. The number of aromatic nitrogens is 1. The van der Waals surface area contributed by atoms with E-state index in [1.54, 1.807) is 37.3 Å². The van der Waals surface area contributed by atoms with Crippen LogP contribution in [0.2, 0.25) is 0 Å². The second-order valence-electron chi connectivity index (χ2n) is 7.58. The van der Waals surface area contributed by atoms with Gasteiger partial charge in [-0.05, 0) is 36.3 Å². The maximum Gasteiger partial charge on any atom is 0.243 e. The standard InChI is InChI=1S/C25H29N2O4S2/c1-4-17(13-24-26(9-11-28)20-15-18(30-2)5-7-22(20)32-24)14-25-27(10-12-29)21-16-19(31-3)6-8-23(21)33-25/h5-8,15-16,28-29H,4,9-13H2,1-3H3/q+1. The molecule has 0 fully saturated rings. The number of hydrogen-bond donors (Lipinski definition) is 2. The Bertz CT molecular complexity index is 1210. The second-order valence-corrected chi connectivity index (χ2v) is 9.73. The van der Waals surface area contributed by atoms with Crippen LogP contribution in [-0.2, 0) is 13.0 Å². The molecule has 174 valence electrons. The number of hydrogen-bond acceptors (Lipinski definition) is 7. The summed E-state index contributed by atoms with van der Waals surface area (Å²) in [5.41, 5.74) is 6.93. The minimum absolute atomic E-state index is 0.0541. The van der Waals surface area contributed by atoms with Gasteiger partial charge in [-0.3, -0.25) is 0 Å². The first-order valence-electron chi connectivity index (χ1n) is 10.9. The molecule has 0 unspecified atom stereocenters. The minimum Gasteiger partial charge on any atom is -0.497 e. The molecule has 0 saturated heterocycles. The molecule has 0 amide bonds. The number of thioether (sulfide) groups is 1. The third-order valence-electron chi connectivity index (χ3n) is 5.62. The summed E-state index contributed by atoms with van der Waals surface area (Å²) in [4.78, 5) is 3.24. The Labute approximate surface area is 202 Å². The van der Waals surface area contributed by atoms with Gasteiger partial charge in [0.15, 0.2) is 6.54 Å². The Balaban J connectivity index is 1.74. The molecule has 0 aliphatic carbocycles. The van der Waals surface area contributed by atoms with Gasteiger partial charge in [0.2, 0.25) is 10.5 Å². The molecule has 2 heterocycles. The number of rotatable bonds is 9. The topological polar surface area (TPSA) is 66.0 Å². The average molecular weight is 486 g/mol. The van der Waals surface area contributed by atoms with Gasteiger partial charge in [0.05, 0.1) is 39.0 Å². The lowest BCUT2D eigenvalue weighted by atomic mass is 10.1. The van der Waals surface area contributed by atoms with Crippen molar-refractivity contribution >= 4 is 39.0 Å². The number of methoxy groups -OCH3 is 2. The van der Waals surface area contributed by atoms with Crippen molar-refractivity contribution < 1.29 is 24.3 Å². The smallest absolute Gasteiger partial charge is 0.243 e. The number of aliphatic hydroxyl groups is 2. The summed E-state index contributed by atoms with van der Waals surface area (Å²) in [5.74, 6) is 1.60. The van der Waals surface area contributed by atoms with Crippen LogP contribution in [-0.4, -0.2) is 44.2 Å². The van der Waals surface area contributed by atoms with Crippen LogP contribution in [0.1, 0.15) is 18.4 Å². The predicted molar refractivity (Wildman–Crippen MR) is 133 cm³/mol. The molecule has 6 nitrogen and oxygen atoms in total. The van der Waals surface area contributed by atoms with E-state index in [1.165, 1.54) is 15.3 Å². The molecule has 1 aliphatic heterocycles. The molecule has 2 N–H and O–H groups in total. The van der Waals surface area contributed by atoms with Crippen LogP contribution in [0.4, 0.5) is 5.69 Å². The Hall–Kier alpha value is -2.48. The van der Waals surface area contributed by atoms with Gasteiger partial charge < -0.3 is 24.6 Å². The number of anilines is 1. The van der Waals surface area contributed by atoms with E-state index in [9.17, 15) is 10.2 Å². The molecular weight excluding hydrogens is 456 g/mol. The first kappa shape index (κ1) is 23.7. The number of aliphatic hydroxyl groups excluding tert-OH is 2. The minimum atomic E-state index is 0.0541. The van der Waals surface area contributed by atoms with Crippen molar-refractivity contribution in [2.75, 3.05) is 38.9 Å². The fourth-order valence-electron chi connectivity index (χ4n) is 3.91. The summed E-state index contributed by atoms with van der Waals surface area (Å²) in [6, 6.07) is 12.1. The van der Waals surface area contributed by atoms with Crippen LogP contribution in [0.25, 0.3) is 10.2 Å². The van der Waals surface area contributed by atoms with E-state index in [2.05, 4.69) is 34.3 Å². The van der Waals surface area contributed by atoms with E-state index >= 15 is 0 Å². The number of fused-ring (bicyclic) bond motifs is 2. The van der Waals surface area contributed by atoms with E-state index in [0.29, 0.717) is 13.1 Å². The molecule has 0 atom stereocenters. The molecule has 4 rings (SSSR count). The zero-order chi connectivity index (χ0) is 23.4. The first-order chi connectivity index (χ1) is 16.1. The Morgan fingerprint density at radius 1 is 1.06 bits per heavy atom. The SMILES string of the molecule is CCC(=C=C1Sc2ccc(OC)cc2N1CCO)Cc1sc2ccc(OC)cc2[n+]1CCO. The van der Waals surface area contributed by atoms with E-state index in [1.807, 2.05) is 24.3 Å². The van der Waals surface area contributed by atoms with Gasteiger partial charge in [-0.25, -0.2) is 0 Å². The summed E-state index contributed by atoms with van der Waals surface area (Å²) in [7, 11) is 3.33. The van der Waals surface area contributed by atoms with Crippen molar-refractivity contribution in [3.63, 3.8) is 0 Å². The van der Waals surface area contributed by atoms with E-state index in [-0.39, 0.29) is 13.2 Å². The fourth-order valence-corrected chi connectivity index (χ4v) is 6.23. The van der Waals surface area contributed by atoms with Gasteiger partial charge in [-0.2, -0.15) is 4.57 Å². The van der Waals surface area contributed by atoms with Crippen LogP contribution in [0, 0.1) is 0 Å². The highest BCUT2D eigenvalue weighted by Crippen LogP contribution is 2.47. The molecule has 0 spiro atoms. The van der Waals surface area contributed by atoms with Crippen molar-refractivity contribution in [3.8, 4) is 11.5 Å². The summed E-state index contributed by atoms with van der Waals surface area (Å²) in [6.07, 6.45) is 1.60. The van der Waals surface area contributed by atoms with Crippen LogP contribution < -0.4 is 18.9 Å². The Morgan fingerprint density at radius 2 is 1.82 bits per heavy atom. The molecule has 0 saturated carbocycles. The van der Waals surface area contributed by atoms with E-state index in [4.69, 9.17) is 9.47 Å². The van der Waals surface area contributed by atoms with Gasteiger partial charge >= 0.3 is 0 Å². The monoisotopic (exact) mass is 485 g/mol. The molecule has 0 bridgehead atoms. The van der Waals surface area contributed by atoms with Crippen molar-refractivity contribution in [2.45, 2.75) is 31.2 Å². The van der Waals surface area contributed by atoms with Crippen molar-refractivity contribution in [1.29, 1.82) is 0 Å². The molecule has 3 aromatic rings.